The zero-order valence-electron chi connectivity index (χ0n) is 7.81. The first-order chi connectivity index (χ1) is 6.86. The van der Waals surface area contributed by atoms with Crippen LogP contribution in [0.3, 0.4) is 0 Å². The van der Waals surface area contributed by atoms with Crippen molar-refractivity contribution in [2.75, 3.05) is 0 Å². The minimum atomic E-state index is 0.397. The second kappa shape index (κ2) is 3.87. The Morgan fingerprint density at radius 2 is 2.21 bits per heavy atom. The molecule has 2 rings (SSSR count). The Balaban J connectivity index is 2.02. The van der Waals surface area contributed by atoms with Crippen molar-refractivity contribution in [3.63, 3.8) is 0 Å². The SMILES string of the molecule is Cc1ccccc1C[N-]c1nn[nH]n1. The van der Waals surface area contributed by atoms with Crippen LogP contribution < -0.4 is 0 Å². The van der Waals surface area contributed by atoms with Gasteiger partial charge in [-0.05, 0) is 18.1 Å². The first kappa shape index (κ1) is 8.68. The van der Waals surface area contributed by atoms with E-state index in [0.29, 0.717) is 12.5 Å². The van der Waals surface area contributed by atoms with E-state index < -0.39 is 0 Å². The molecule has 0 amide bonds. The largest absolute Gasteiger partial charge is 0.386 e. The number of rotatable bonds is 3. The molecule has 0 saturated heterocycles. The van der Waals surface area contributed by atoms with Gasteiger partial charge >= 0.3 is 0 Å². The molecule has 0 aliphatic heterocycles. The minimum absolute atomic E-state index is 0.397. The van der Waals surface area contributed by atoms with E-state index in [0.717, 1.165) is 0 Å². The zero-order chi connectivity index (χ0) is 9.80. The number of aromatic nitrogens is 4. The standard InChI is InChI=1S/C9H10N5/c1-7-4-2-3-5-8(7)6-10-9-11-13-14-12-9/h2-5H,6H2,1H3,(H-,10,11,12,13,14)/q-1. The molecule has 0 spiro atoms. The Kier molecular flexibility index (Phi) is 2.40. The molecule has 0 atom stereocenters. The Labute approximate surface area is 81.5 Å². The third-order valence-corrected chi connectivity index (χ3v) is 1.99. The fraction of sp³-hybridized carbons (Fsp3) is 0.222. The van der Waals surface area contributed by atoms with E-state index in [4.69, 9.17) is 0 Å². The van der Waals surface area contributed by atoms with Crippen LogP contribution in [0.4, 0.5) is 5.95 Å². The normalized spacial score (nSPS) is 10.1. The zero-order valence-corrected chi connectivity index (χ0v) is 7.81. The lowest BCUT2D eigenvalue weighted by Gasteiger charge is -2.08. The van der Waals surface area contributed by atoms with Crippen molar-refractivity contribution in [3.8, 4) is 0 Å². The predicted molar refractivity (Wildman–Crippen MR) is 52.1 cm³/mol. The van der Waals surface area contributed by atoms with Crippen molar-refractivity contribution in [2.45, 2.75) is 13.5 Å². The summed E-state index contributed by atoms with van der Waals surface area (Å²) >= 11 is 0. The molecular weight excluding hydrogens is 178 g/mol. The summed E-state index contributed by atoms with van der Waals surface area (Å²) in [5.74, 6) is 0.397. The highest BCUT2D eigenvalue weighted by atomic mass is 15.5. The molecule has 2 aromatic rings. The van der Waals surface area contributed by atoms with Gasteiger partial charge in [-0.2, -0.15) is 0 Å². The molecule has 72 valence electrons. The molecular formula is C9H10N5-. The molecule has 1 aromatic heterocycles. The summed E-state index contributed by atoms with van der Waals surface area (Å²) in [6.45, 7) is 2.65. The maximum atomic E-state index is 4.18. The van der Waals surface area contributed by atoms with Crippen LogP contribution >= 0.6 is 0 Å². The summed E-state index contributed by atoms with van der Waals surface area (Å²) in [5.41, 5.74) is 2.40. The minimum Gasteiger partial charge on any atom is -0.386 e. The molecule has 0 fully saturated rings. The Morgan fingerprint density at radius 1 is 1.36 bits per heavy atom. The quantitative estimate of drug-likeness (QED) is 0.797. The number of benzene rings is 1. The second-order valence-electron chi connectivity index (χ2n) is 2.95. The van der Waals surface area contributed by atoms with Crippen LogP contribution in [0.1, 0.15) is 11.1 Å². The van der Waals surface area contributed by atoms with Crippen molar-refractivity contribution in [3.05, 3.63) is 40.7 Å². The lowest BCUT2D eigenvalue weighted by molar-refractivity contribution is 0.881. The third kappa shape index (κ3) is 1.87. The van der Waals surface area contributed by atoms with Crippen molar-refractivity contribution < 1.29 is 0 Å². The van der Waals surface area contributed by atoms with E-state index in [1.54, 1.807) is 0 Å². The molecule has 1 aromatic carbocycles. The highest BCUT2D eigenvalue weighted by Gasteiger charge is 1.94. The average Bonchev–Trinajstić information content (AvgIpc) is 2.69. The molecule has 0 aliphatic rings. The van der Waals surface area contributed by atoms with Crippen LogP contribution in [0.2, 0.25) is 0 Å². The van der Waals surface area contributed by atoms with Crippen molar-refractivity contribution in [1.82, 2.24) is 20.6 Å². The fourth-order valence-corrected chi connectivity index (χ4v) is 1.17. The molecule has 1 heterocycles. The number of hydrogen-bond donors (Lipinski definition) is 1. The van der Waals surface area contributed by atoms with E-state index in [-0.39, 0.29) is 0 Å². The van der Waals surface area contributed by atoms with Gasteiger partial charge in [-0.1, -0.05) is 24.3 Å². The van der Waals surface area contributed by atoms with Crippen LogP contribution in [-0.4, -0.2) is 20.6 Å². The predicted octanol–water partition coefficient (Wildman–Crippen LogP) is 1.71. The second-order valence-corrected chi connectivity index (χ2v) is 2.95. The first-order valence-electron chi connectivity index (χ1n) is 4.32. The summed E-state index contributed by atoms with van der Waals surface area (Å²) in [6.07, 6.45) is 0. The molecule has 0 unspecified atom stereocenters. The lowest BCUT2D eigenvalue weighted by atomic mass is 10.1. The van der Waals surface area contributed by atoms with E-state index in [2.05, 4.69) is 38.9 Å². The van der Waals surface area contributed by atoms with E-state index in [9.17, 15) is 0 Å². The number of tetrazole rings is 1. The molecule has 0 radical (unpaired) electrons. The molecule has 1 N–H and O–H groups in total. The van der Waals surface area contributed by atoms with Crippen molar-refractivity contribution in [1.29, 1.82) is 0 Å². The molecule has 0 bridgehead atoms. The Hall–Kier alpha value is -1.91. The Morgan fingerprint density at radius 3 is 2.93 bits per heavy atom. The highest BCUT2D eigenvalue weighted by Crippen LogP contribution is 2.16. The topological polar surface area (TPSA) is 68.6 Å². The third-order valence-electron chi connectivity index (χ3n) is 1.99. The van der Waals surface area contributed by atoms with E-state index >= 15 is 0 Å². The van der Waals surface area contributed by atoms with Crippen LogP contribution in [-0.2, 0) is 6.54 Å². The van der Waals surface area contributed by atoms with Gasteiger partial charge in [-0.15, -0.1) is 5.21 Å². The number of aryl methyl sites for hydroxylation is 1. The summed E-state index contributed by atoms with van der Waals surface area (Å²) in [4.78, 5) is 0. The van der Waals surface area contributed by atoms with Crippen LogP contribution in [0.25, 0.3) is 5.32 Å². The highest BCUT2D eigenvalue weighted by molar-refractivity contribution is 5.34. The van der Waals surface area contributed by atoms with Crippen molar-refractivity contribution in [2.24, 2.45) is 0 Å². The van der Waals surface area contributed by atoms with Gasteiger partial charge in [-0.3, -0.25) is 15.4 Å². The van der Waals surface area contributed by atoms with Gasteiger partial charge in [0.05, 0.1) is 5.95 Å². The van der Waals surface area contributed by atoms with Gasteiger partial charge in [0.15, 0.2) is 0 Å². The molecule has 0 aliphatic carbocycles. The fourth-order valence-electron chi connectivity index (χ4n) is 1.17. The van der Waals surface area contributed by atoms with Gasteiger partial charge in [-0.25, -0.2) is 0 Å². The van der Waals surface area contributed by atoms with Crippen molar-refractivity contribution >= 4 is 5.95 Å². The van der Waals surface area contributed by atoms with Gasteiger partial charge in [0.2, 0.25) is 0 Å². The monoisotopic (exact) mass is 188 g/mol. The maximum absolute atomic E-state index is 4.18. The summed E-state index contributed by atoms with van der Waals surface area (Å²) in [5, 5.41) is 17.5. The average molecular weight is 188 g/mol. The number of nitrogens with one attached hydrogen (secondary N) is 1. The van der Waals surface area contributed by atoms with Gasteiger partial charge in [0, 0.05) is 6.54 Å². The lowest BCUT2D eigenvalue weighted by Crippen LogP contribution is -1.87. The first-order valence-corrected chi connectivity index (χ1v) is 4.32. The number of H-pyrrole nitrogens is 1. The van der Waals surface area contributed by atoms with Gasteiger partial charge in [0.1, 0.15) is 0 Å². The Bertz CT molecular complexity index is 395. The van der Waals surface area contributed by atoms with E-state index in [1.807, 2.05) is 18.2 Å². The van der Waals surface area contributed by atoms with Crippen LogP contribution in [0.5, 0.6) is 0 Å². The number of hydrogen-bond acceptors (Lipinski definition) is 3. The van der Waals surface area contributed by atoms with Crippen LogP contribution in [0.15, 0.2) is 24.3 Å². The molecule has 5 nitrogen and oxygen atoms in total. The maximum Gasteiger partial charge on any atom is 0.0617 e. The van der Waals surface area contributed by atoms with Gasteiger partial charge in [0.25, 0.3) is 0 Å². The molecule has 14 heavy (non-hydrogen) atoms. The smallest absolute Gasteiger partial charge is 0.0617 e. The number of nitrogens with zero attached hydrogens (tertiary/aromatic N) is 4. The summed E-state index contributed by atoms with van der Waals surface area (Å²) < 4.78 is 0. The summed E-state index contributed by atoms with van der Waals surface area (Å²) in [6, 6.07) is 8.10. The van der Waals surface area contributed by atoms with Crippen LogP contribution in [0, 0.1) is 6.92 Å². The molecule has 0 saturated carbocycles. The van der Waals surface area contributed by atoms with Gasteiger partial charge < -0.3 is 5.32 Å². The van der Waals surface area contributed by atoms with E-state index in [1.165, 1.54) is 11.1 Å². The summed E-state index contributed by atoms with van der Waals surface area (Å²) in [7, 11) is 0. The molecule has 5 heteroatoms. The number of aromatic amines is 1.